The van der Waals surface area contributed by atoms with Gasteiger partial charge in [0.05, 0.1) is 0 Å². The molecule has 1 rings (SSSR count). The fourth-order valence-corrected chi connectivity index (χ4v) is 1.80. The van der Waals surface area contributed by atoms with Crippen molar-refractivity contribution in [2.45, 2.75) is 32.2 Å². The summed E-state index contributed by atoms with van der Waals surface area (Å²) in [6.45, 7) is 2.49. The van der Waals surface area contributed by atoms with Crippen LogP contribution in [-0.2, 0) is 4.74 Å². The molecule has 1 N–H and O–H groups in total. The van der Waals surface area contributed by atoms with Gasteiger partial charge in [0.2, 0.25) is 0 Å². The second-order valence-electron chi connectivity index (χ2n) is 4.32. The van der Waals surface area contributed by atoms with E-state index in [1.165, 1.54) is 12.1 Å². The van der Waals surface area contributed by atoms with Crippen LogP contribution in [0.2, 0.25) is 0 Å². The molecule has 0 heterocycles. The van der Waals surface area contributed by atoms with E-state index >= 15 is 0 Å². The molecule has 1 aromatic carbocycles. The SMILES string of the molecule is CCCNC(CCOCC(F)F)c1cccc(F)c1. The zero-order valence-corrected chi connectivity index (χ0v) is 11.0. The average molecular weight is 275 g/mol. The van der Waals surface area contributed by atoms with Crippen molar-refractivity contribution in [2.24, 2.45) is 0 Å². The van der Waals surface area contributed by atoms with E-state index in [9.17, 15) is 13.2 Å². The van der Waals surface area contributed by atoms with E-state index in [1.54, 1.807) is 6.07 Å². The molecule has 5 heteroatoms. The lowest BCUT2D eigenvalue weighted by Gasteiger charge is -2.19. The van der Waals surface area contributed by atoms with Crippen molar-refractivity contribution in [1.29, 1.82) is 0 Å². The fraction of sp³-hybridized carbons (Fsp3) is 0.571. The predicted octanol–water partition coefficient (Wildman–Crippen LogP) is 3.54. The van der Waals surface area contributed by atoms with Crippen molar-refractivity contribution < 1.29 is 17.9 Å². The summed E-state index contributed by atoms with van der Waals surface area (Å²) in [6, 6.07) is 6.23. The van der Waals surface area contributed by atoms with Crippen molar-refractivity contribution in [3.05, 3.63) is 35.6 Å². The highest BCUT2D eigenvalue weighted by Crippen LogP contribution is 2.18. The van der Waals surface area contributed by atoms with Gasteiger partial charge in [-0.3, -0.25) is 0 Å². The maximum Gasteiger partial charge on any atom is 0.261 e. The maximum absolute atomic E-state index is 13.2. The number of nitrogens with one attached hydrogen (secondary N) is 1. The largest absolute Gasteiger partial charge is 0.375 e. The lowest BCUT2D eigenvalue weighted by Crippen LogP contribution is -2.24. The number of halogens is 3. The molecular formula is C14H20F3NO. The maximum atomic E-state index is 13.2. The first-order chi connectivity index (χ1) is 9.13. The number of rotatable bonds is 9. The van der Waals surface area contributed by atoms with E-state index in [-0.39, 0.29) is 18.5 Å². The molecule has 0 saturated carbocycles. The smallest absolute Gasteiger partial charge is 0.261 e. The van der Waals surface area contributed by atoms with Crippen molar-refractivity contribution in [2.75, 3.05) is 19.8 Å². The van der Waals surface area contributed by atoms with Crippen LogP contribution in [0.25, 0.3) is 0 Å². The van der Waals surface area contributed by atoms with Gasteiger partial charge in [-0.15, -0.1) is 0 Å². The second kappa shape index (κ2) is 8.93. The average Bonchev–Trinajstić information content (AvgIpc) is 2.37. The Labute approximate surface area is 112 Å². The molecule has 0 spiro atoms. The number of ether oxygens (including phenoxy) is 1. The van der Waals surface area contributed by atoms with Gasteiger partial charge in [0.15, 0.2) is 0 Å². The first-order valence-electron chi connectivity index (χ1n) is 6.48. The summed E-state index contributed by atoms with van der Waals surface area (Å²) in [4.78, 5) is 0. The van der Waals surface area contributed by atoms with E-state index < -0.39 is 13.0 Å². The summed E-state index contributed by atoms with van der Waals surface area (Å²) in [5, 5.41) is 3.27. The Hall–Kier alpha value is -1.07. The first kappa shape index (κ1) is 16.0. The highest BCUT2D eigenvalue weighted by atomic mass is 19.3. The van der Waals surface area contributed by atoms with Crippen LogP contribution in [0.15, 0.2) is 24.3 Å². The molecule has 0 fully saturated rings. The van der Waals surface area contributed by atoms with Crippen molar-refractivity contribution >= 4 is 0 Å². The van der Waals surface area contributed by atoms with Crippen LogP contribution in [0.1, 0.15) is 31.4 Å². The summed E-state index contributed by atoms with van der Waals surface area (Å²) in [5.74, 6) is -0.297. The second-order valence-corrected chi connectivity index (χ2v) is 4.32. The molecule has 0 aromatic heterocycles. The molecule has 0 aliphatic heterocycles. The zero-order chi connectivity index (χ0) is 14.1. The van der Waals surface area contributed by atoms with Crippen LogP contribution in [0.4, 0.5) is 13.2 Å². The number of hydrogen-bond acceptors (Lipinski definition) is 2. The van der Waals surface area contributed by atoms with E-state index in [0.29, 0.717) is 6.42 Å². The lowest BCUT2D eigenvalue weighted by atomic mass is 10.0. The predicted molar refractivity (Wildman–Crippen MR) is 68.9 cm³/mol. The molecule has 0 radical (unpaired) electrons. The number of alkyl halides is 2. The van der Waals surface area contributed by atoms with Gasteiger partial charge < -0.3 is 10.1 Å². The standard InChI is InChI=1S/C14H20F3NO/c1-2-7-18-13(6-8-19-10-14(16)17)11-4-3-5-12(15)9-11/h3-5,9,13-14,18H,2,6-8,10H2,1H3. The highest BCUT2D eigenvalue weighted by Gasteiger charge is 2.12. The molecule has 108 valence electrons. The van der Waals surface area contributed by atoms with Crippen molar-refractivity contribution in [3.63, 3.8) is 0 Å². The molecule has 19 heavy (non-hydrogen) atoms. The third-order valence-corrected chi connectivity index (χ3v) is 2.69. The Morgan fingerprint density at radius 2 is 2.11 bits per heavy atom. The highest BCUT2D eigenvalue weighted by molar-refractivity contribution is 5.20. The van der Waals surface area contributed by atoms with Crippen LogP contribution < -0.4 is 5.32 Å². The van der Waals surface area contributed by atoms with Crippen LogP contribution in [0, 0.1) is 5.82 Å². The summed E-state index contributed by atoms with van der Waals surface area (Å²) in [5.41, 5.74) is 0.814. The number of benzene rings is 1. The van der Waals surface area contributed by atoms with E-state index in [2.05, 4.69) is 5.32 Å². The molecule has 2 nitrogen and oxygen atoms in total. The van der Waals surface area contributed by atoms with Gasteiger partial charge in [-0.2, -0.15) is 0 Å². The molecule has 0 bridgehead atoms. The monoisotopic (exact) mass is 275 g/mol. The van der Waals surface area contributed by atoms with Crippen LogP contribution in [0.5, 0.6) is 0 Å². The third-order valence-electron chi connectivity index (χ3n) is 2.69. The molecule has 0 amide bonds. The summed E-state index contributed by atoms with van der Waals surface area (Å²) in [6.07, 6.45) is -0.962. The minimum Gasteiger partial charge on any atom is -0.375 e. The normalized spacial score (nSPS) is 12.9. The Bertz CT molecular complexity index is 360. The van der Waals surface area contributed by atoms with Gasteiger partial charge in [0.25, 0.3) is 6.43 Å². The van der Waals surface area contributed by atoms with Gasteiger partial charge in [0, 0.05) is 12.6 Å². The van der Waals surface area contributed by atoms with E-state index in [0.717, 1.165) is 18.5 Å². The number of hydrogen-bond donors (Lipinski definition) is 1. The first-order valence-corrected chi connectivity index (χ1v) is 6.48. The molecule has 1 aromatic rings. The Morgan fingerprint density at radius 1 is 1.32 bits per heavy atom. The van der Waals surface area contributed by atoms with Gasteiger partial charge in [-0.1, -0.05) is 19.1 Å². The third kappa shape index (κ3) is 6.59. The molecular weight excluding hydrogens is 255 g/mol. The fourth-order valence-electron chi connectivity index (χ4n) is 1.80. The molecule has 1 unspecified atom stereocenters. The quantitative estimate of drug-likeness (QED) is 0.696. The van der Waals surface area contributed by atoms with Crippen molar-refractivity contribution in [3.8, 4) is 0 Å². The summed E-state index contributed by atoms with van der Waals surface area (Å²) >= 11 is 0. The van der Waals surface area contributed by atoms with Gasteiger partial charge >= 0.3 is 0 Å². The summed E-state index contributed by atoms with van der Waals surface area (Å²) in [7, 11) is 0. The van der Waals surface area contributed by atoms with Gasteiger partial charge in [-0.05, 0) is 37.1 Å². The zero-order valence-electron chi connectivity index (χ0n) is 11.0. The van der Waals surface area contributed by atoms with Crippen LogP contribution in [0.3, 0.4) is 0 Å². The Kier molecular flexibility index (Phi) is 7.52. The molecule has 0 aliphatic carbocycles. The van der Waals surface area contributed by atoms with E-state index in [1.807, 2.05) is 13.0 Å². The topological polar surface area (TPSA) is 21.3 Å². The van der Waals surface area contributed by atoms with Crippen LogP contribution in [-0.4, -0.2) is 26.2 Å². The van der Waals surface area contributed by atoms with Crippen LogP contribution >= 0.6 is 0 Å². The summed E-state index contributed by atoms with van der Waals surface area (Å²) < 4.78 is 42.0. The molecule has 0 aliphatic rings. The van der Waals surface area contributed by atoms with Gasteiger partial charge in [-0.25, -0.2) is 13.2 Å². The Morgan fingerprint density at radius 3 is 2.74 bits per heavy atom. The lowest BCUT2D eigenvalue weighted by molar-refractivity contribution is 0.0143. The minimum absolute atomic E-state index is 0.0756. The molecule has 0 saturated heterocycles. The minimum atomic E-state index is -2.45. The van der Waals surface area contributed by atoms with Crippen molar-refractivity contribution in [1.82, 2.24) is 5.32 Å². The van der Waals surface area contributed by atoms with Gasteiger partial charge in [0.1, 0.15) is 12.4 Å². The molecule has 1 atom stereocenters. The Balaban J connectivity index is 2.51. The van der Waals surface area contributed by atoms with E-state index in [4.69, 9.17) is 4.74 Å².